The molecule has 1 heterocycles. The van der Waals surface area contributed by atoms with Crippen molar-refractivity contribution in [3.8, 4) is 0 Å². The molecule has 0 saturated carbocycles. The molecule has 1 N–H and O–H groups in total. The lowest BCUT2D eigenvalue weighted by molar-refractivity contribution is 0.584. The van der Waals surface area contributed by atoms with Crippen molar-refractivity contribution in [2.24, 2.45) is 0 Å². The van der Waals surface area contributed by atoms with Gasteiger partial charge in [0.15, 0.2) is 0 Å². The molecule has 3 heteroatoms. The maximum Gasteiger partial charge on any atom is 0.0537 e. The predicted octanol–water partition coefficient (Wildman–Crippen LogP) is 1.71. The summed E-state index contributed by atoms with van der Waals surface area (Å²) in [6, 6.07) is 0.532. The Morgan fingerprint density at radius 2 is 2.23 bits per heavy atom. The smallest absolute Gasteiger partial charge is 0.0537 e. The minimum absolute atomic E-state index is 0.532. The first-order valence-electron chi connectivity index (χ1n) is 4.89. The summed E-state index contributed by atoms with van der Waals surface area (Å²) in [5.74, 6) is 0. The highest BCUT2D eigenvalue weighted by Crippen LogP contribution is 2.06. The van der Waals surface area contributed by atoms with Crippen LogP contribution in [0.4, 0.5) is 0 Å². The zero-order valence-electron chi connectivity index (χ0n) is 8.96. The van der Waals surface area contributed by atoms with E-state index in [1.807, 2.05) is 10.9 Å². The van der Waals surface area contributed by atoms with Crippen LogP contribution >= 0.6 is 0 Å². The van der Waals surface area contributed by atoms with Crippen molar-refractivity contribution in [3.05, 3.63) is 17.5 Å². The highest BCUT2D eigenvalue weighted by Gasteiger charge is 2.04. The van der Waals surface area contributed by atoms with Crippen LogP contribution in [0, 0.1) is 6.92 Å². The predicted molar refractivity (Wildman–Crippen MR) is 54.6 cm³/mol. The molecule has 3 nitrogen and oxygen atoms in total. The van der Waals surface area contributed by atoms with Crippen molar-refractivity contribution < 1.29 is 0 Å². The number of nitrogens with zero attached hydrogens (tertiary/aromatic N) is 2. The van der Waals surface area contributed by atoms with Gasteiger partial charge in [0.25, 0.3) is 0 Å². The van der Waals surface area contributed by atoms with Gasteiger partial charge in [0.2, 0.25) is 0 Å². The van der Waals surface area contributed by atoms with E-state index in [1.54, 1.807) is 0 Å². The first-order valence-corrected chi connectivity index (χ1v) is 4.89. The van der Waals surface area contributed by atoms with Gasteiger partial charge in [-0.25, -0.2) is 0 Å². The van der Waals surface area contributed by atoms with Gasteiger partial charge in [-0.1, -0.05) is 13.8 Å². The summed E-state index contributed by atoms with van der Waals surface area (Å²) < 4.78 is 2.03. The minimum Gasteiger partial charge on any atom is -0.310 e. The molecule has 1 aromatic heterocycles. The molecular formula is C10H19N3. The standard InChI is InChI=1S/C10H19N3/c1-5-13-9(4)10(7-12-13)6-11-8(2)3/h7-8,11H,5-6H2,1-4H3. The van der Waals surface area contributed by atoms with Crippen molar-refractivity contribution in [1.29, 1.82) is 0 Å². The van der Waals surface area contributed by atoms with E-state index in [9.17, 15) is 0 Å². The zero-order chi connectivity index (χ0) is 9.84. The van der Waals surface area contributed by atoms with E-state index in [0.717, 1.165) is 13.1 Å². The minimum atomic E-state index is 0.532. The van der Waals surface area contributed by atoms with Crippen molar-refractivity contribution in [3.63, 3.8) is 0 Å². The summed E-state index contributed by atoms with van der Waals surface area (Å²) in [6.45, 7) is 10.4. The Morgan fingerprint density at radius 3 is 2.69 bits per heavy atom. The topological polar surface area (TPSA) is 29.9 Å². The van der Waals surface area contributed by atoms with Crippen molar-refractivity contribution in [2.45, 2.75) is 46.8 Å². The maximum absolute atomic E-state index is 4.29. The molecule has 0 amide bonds. The number of rotatable bonds is 4. The molecule has 0 aliphatic heterocycles. The molecule has 0 bridgehead atoms. The summed E-state index contributed by atoms with van der Waals surface area (Å²) in [4.78, 5) is 0. The number of hydrogen-bond donors (Lipinski definition) is 1. The molecule has 0 aromatic carbocycles. The Balaban J connectivity index is 2.62. The van der Waals surface area contributed by atoms with Gasteiger partial charge in [-0.15, -0.1) is 0 Å². The fourth-order valence-electron chi connectivity index (χ4n) is 1.29. The molecular weight excluding hydrogens is 162 g/mol. The fraction of sp³-hybridized carbons (Fsp3) is 0.700. The van der Waals surface area contributed by atoms with E-state index < -0.39 is 0 Å². The summed E-state index contributed by atoms with van der Waals surface area (Å²) >= 11 is 0. The number of aromatic nitrogens is 2. The second-order valence-electron chi connectivity index (χ2n) is 3.61. The van der Waals surface area contributed by atoms with Gasteiger partial charge in [-0.05, 0) is 13.8 Å². The molecule has 0 unspecified atom stereocenters. The lowest BCUT2D eigenvalue weighted by Crippen LogP contribution is -2.22. The normalized spacial score (nSPS) is 11.2. The van der Waals surface area contributed by atoms with Crippen LogP contribution in [-0.2, 0) is 13.1 Å². The van der Waals surface area contributed by atoms with Gasteiger partial charge in [0.05, 0.1) is 6.20 Å². The van der Waals surface area contributed by atoms with Gasteiger partial charge in [0, 0.05) is 30.4 Å². The van der Waals surface area contributed by atoms with Crippen LogP contribution < -0.4 is 5.32 Å². The fourth-order valence-corrected chi connectivity index (χ4v) is 1.29. The second kappa shape index (κ2) is 4.42. The third-order valence-electron chi connectivity index (χ3n) is 2.21. The SMILES string of the molecule is CCn1ncc(CNC(C)C)c1C. The summed E-state index contributed by atoms with van der Waals surface area (Å²) in [5, 5.41) is 7.68. The zero-order valence-corrected chi connectivity index (χ0v) is 8.96. The van der Waals surface area contributed by atoms with E-state index in [0.29, 0.717) is 6.04 Å². The Kier molecular flexibility index (Phi) is 3.48. The number of nitrogens with one attached hydrogen (secondary N) is 1. The van der Waals surface area contributed by atoms with Gasteiger partial charge in [-0.2, -0.15) is 5.10 Å². The largest absolute Gasteiger partial charge is 0.310 e. The Hall–Kier alpha value is -0.830. The molecule has 0 aliphatic carbocycles. The van der Waals surface area contributed by atoms with Crippen LogP contribution in [0.1, 0.15) is 32.0 Å². The highest BCUT2D eigenvalue weighted by atomic mass is 15.3. The van der Waals surface area contributed by atoms with Crippen LogP contribution in [0.5, 0.6) is 0 Å². The van der Waals surface area contributed by atoms with Gasteiger partial charge < -0.3 is 5.32 Å². The number of hydrogen-bond acceptors (Lipinski definition) is 2. The van der Waals surface area contributed by atoms with E-state index in [4.69, 9.17) is 0 Å². The highest BCUT2D eigenvalue weighted by molar-refractivity contribution is 5.15. The summed E-state index contributed by atoms with van der Waals surface area (Å²) in [7, 11) is 0. The van der Waals surface area contributed by atoms with Gasteiger partial charge >= 0.3 is 0 Å². The quantitative estimate of drug-likeness (QED) is 0.766. The molecule has 13 heavy (non-hydrogen) atoms. The molecule has 0 spiro atoms. The van der Waals surface area contributed by atoms with Gasteiger partial charge in [-0.3, -0.25) is 4.68 Å². The van der Waals surface area contributed by atoms with E-state index in [2.05, 4.69) is 38.1 Å². The molecule has 1 aromatic rings. The number of aryl methyl sites for hydroxylation is 1. The lowest BCUT2D eigenvalue weighted by atomic mass is 10.2. The third-order valence-corrected chi connectivity index (χ3v) is 2.21. The lowest BCUT2D eigenvalue weighted by Gasteiger charge is -2.07. The van der Waals surface area contributed by atoms with Crippen molar-refractivity contribution >= 4 is 0 Å². The molecule has 74 valence electrons. The summed E-state index contributed by atoms with van der Waals surface area (Å²) in [6.07, 6.45) is 1.95. The van der Waals surface area contributed by atoms with E-state index >= 15 is 0 Å². The molecule has 0 atom stereocenters. The van der Waals surface area contributed by atoms with Crippen molar-refractivity contribution in [2.75, 3.05) is 0 Å². The molecule has 0 radical (unpaired) electrons. The van der Waals surface area contributed by atoms with Crippen LogP contribution in [-0.4, -0.2) is 15.8 Å². The molecule has 0 aliphatic rings. The third kappa shape index (κ3) is 2.56. The average Bonchev–Trinajstić information content (AvgIpc) is 2.43. The Bertz CT molecular complexity index is 263. The summed E-state index contributed by atoms with van der Waals surface area (Å²) in [5.41, 5.74) is 2.58. The first-order chi connectivity index (χ1) is 6.15. The Morgan fingerprint density at radius 1 is 1.54 bits per heavy atom. The van der Waals surface area contributed by atoms with E-state index in [-0.39, 0.29) is 0 Å². The molecule has 1 rings (SSSR count). The van der Waals surface area contributed by atoms with Crippen LogP contribution in [0.15, 0.2) is 6.20 Å². The molecule has 0 fully saturated rings. The van der Waals surface area contributed by atoms with Crippen LogP contribution in [0.25, 0.3) is 0 Å². The van der Waals surface area contributed by atoms with Crippen LogP contribution in [0.2, 0.25) is 0 Å². The monoisotopic (exact) mass is 181 g/mol. The second-order valence-corrected chi connectivity index (χ2v) is 3.61. The average molecular weight is 181 g/mol. The van der Waals surface area contributed by atoms with Crippen molar-refractivity contribution in [1.82, 2.24) is 15.1 Å². The first kappa shape index (κ1) is 10.3. The van der Waals surface area contributed by atoms with Gasteiger partial charge in [0.1, 0.15) is 0 Å². The van der Waals surface area contributed by atoms with E-state index in [1.165, 1.54) is 11.3 Å². The molecule has 0 saturated heterocycles. The maximum atomic E-state index is 4.29. The Labute approximate surface area is 80.1 Å². The van der Waals surface area contributed by atoms with Crippen LogP contribution in [0.3, 0.4) is 0 Å².